The summed E-state index contributed by atoms with van der Waals surface area (Å²) in [6, 6.07) is 0.439. The summed E-state index contributed by atoms with van der Waals surface area (Å²) in [6.07, 6.45) is 5.70. The van der Waals surface area contributed by atoms with Gasteiger partial charge in [-0.15, -0.1) is 5.10 Å². The first-order valence-corrected chi connectivity index (χ1v) is 5.19. The average Bonchev–Trinajstić information content (AvgIpc) is 2.87. The summed E-state index contributed by atoms with van der Waals surface area (Å²) in [5.41, 5.74) is 0. The Morgan fingerprint density at radius 3 is 3.07 bits per heavy atom. The van der Waals surface area contributed by atoms with Gasteiger partial charge in [0.2, 0.25) is 5.91 Å². The highest BCUT2D eigenvalue weighted by molar-refractivity contribution is 5.78. The van der Waals surface area contributed by atoms with Crippen LogP contribution in [0.15, 0.2) is 12.4 Å². The van der Waals surface area contributed by atoms with E-state index in [0.29, 0.717) is 12.6 Å². The fourth-order valence-corrected chi connectivity index (χ4v) is 1.25. The minimum atomic E-state index is 0.0797. The average molecular weight is 209 g/mol. The van der Waals surface area contributed by atoms with Crippen LogP contribution in [0.4, 0.5) is 0 Å². The number of rotatable bonds is 6. The number of hydrogen-bond donors (Lipinski definition) is 2. The van der Waals surface area contributed by atoms with Gasteiger partial charge in [0.25, 0.3) is 0 Å². The quantitative estimate of drug-likeness (QED) is 0.598. The third-order valence-corrected chi connectivity index (χ3v) is 2.22. The minimum Gasteiger partial charge on any atom is -0.352 e. The molecule has 1 aliphatic rings. The molecule has 1 saturated carbocycles. The molecular weight excluding hydrogens is 194 g/mol. The summed E-state index contributed by atoms with van der Waals surface area (Å²) >= 11 is 0. The number of carbonyl (C=O) groups excluding carboxylic acids is 1. The molecule has 1 aromatic rings. The Labute approximate surface area is 88.0 Å². The van der Waals surface area contributed by atoms with Crippen LogP contribution in [0.2, 0.25) is 0 Å². The molecule has 1 amide bonds. The first kappa shape index (κ1) is 10.1. The number of hydrogen-bond acceptors (Lipinski definition) is 4. The second-order valence-corrected chi connectivity index (χ2v) is 3.68. The highest BCUT2D eigenvalue weighted by Crippen LogP contribution is 2.17. The molecule has 0 spiro atoms. The molecule has 0 atom stereocenters. The van der Waals surface area contributed by atoms with E-state index in [2.05, 4.69) is 20.9 Å². The van der Waals surface area contributed by atoms with Gasteiger partial charge in [-0.3, -0.25) is 9.48 Å². The number of amides is 1. The molecule has 1 aliphatic carbocycles. The van der Waals surface area contributed by atoms with Gasteiger partial charge in [-0.2, -0.15) is 0 Å². The van der Waals surface area contributed by atoms with Crippen LogP contribution < -0.4 is 10.6 Å². The predicted molar refractivity (Wildman–Crippen MR) is 54.1 cm³/mol. The van der Waals surface area contributed by atoms with Crippen LogP contribution in [0, 0.1) is 0 Å². The standard InChI is InChI=1S/C9H15N5O/c15-9(12-8-1-2-8)7-10-3-5-14-6-4-11-13-14/h4,6,8,10H,1-3,5,7H2,(H,12,15). The number of aromatic nitrogens is 3. The van der Waals surface area contributed by atoms with Crippen LogP contribution in [0.25, 0.3) is 0 Å². The molecule has 0 aliphatic heterocycles. The van der Waals surface area contributed by atoms with E-state index in [1.807, 2.05) is 0 Å². The Morgan fingerprint density at radius 1 is 1.53 bits per heavy atom. The summed E-state index contributed by atoms with van der Waals surface area (Å²) in [5, 5.41) is 13.5. The van der Waals surface area contributed by atoms with Gasteiger partial charge < -0.3 is 10.6 Å². The maximum atomic E-state index is 11.2. The van der Waals surface area contributed by atoms with Crippen LogP contribution in [0.3, 0.4) is 0 Å². The van der Waals surface area contributed by atoms with Gasteiger partial charge in [-0.25, -0.2) is 0 Å². The monoisotopic (exact) mass is 209 g/mol. The van der Waals surface area contributed by atoms with Gasteiger partial charge in [0.15, 0.2) is 0 Å². The molecule has 0 unspecified atom stereocenters. The first-order chi connectivity index (χ1) is 7.34. The van der Waals surface area contributed by atoms with Crippen molar-refractivity contribution in [2.45, 2.75) is 25.4 Å². The summed E-state index contributed by atoms with van der Waals surface area (Å²) in [6.45, 7) is 1.84. The highest BCUT2D eigenvalue weighted by Gasteiger charge is 2.22. The van der Waals surface area contributed by atoms with Crippen molar-refractivity contribution in [1.29, 1.82) is 0 Å². The van der Waals surface area contributed by atoms with E-state index in [-0.39, 0.29) is 5.91 Å². The SMILES string of the molecule is O=C(CNCCn1ccnn1)NC1CC1. The van der Waals surface area contributed by atoms with Gasteiger partial charge >= 0.3 is 0 Å². The molecule has 1 aromatic heterocycles. The lowest BCUT2D eigenvalue weighted by atomic mass is 10.5. The molecule has 6 heteroatoms. The lowest BCUT2D eigenvalue weighted by molar-refractivity contribution is -0.120. The summed E-state index contributed by atoms with van der Waals surface area (Å²) in [5.74, 6) is 0.0797. The number of nitrogens with one attached hydrogen (secondary N) is 2. The second-order valence-electron chi connectivity index (χ2n) is 3.68. The Morgan fingerprint density at radius 2 is 2.40 bits per heavy atom. The van der Waals surface area contributed by atoms with E-state index in [0.717, 1.165) is 25.9 Å². The first-order valence-electron chi connectivity index (χ1n) is 5.19. The molecule has 2 N–H and O–H groups in total. The molecule has 15 heavy (non-hydrogen) atoms. The van der Waals surface area contributed by atoms with Gasteiger partial charge in [-0.1, -0.05) is 5.21 Å². The van der Waals surface area contributed by atoms with E-state index in [4.69, 9.17) is 0 Å². The van der Waals surface area contributed by atoms with Gasteiger partial charge in [-0.05, 0) is 12.8 Å². The van der Waals surface area contributed by atoms with Gasteiger partial charge in [0, 0.05) is 18.8 Å². The van der Waals surface area contributed by atoms with Crippen molar-refractivity contribution in [2.24, 2.45) is 0 Å². The third kappa shape index (κ3) is 3.67. The lowest BCUT2D eigenvalue weighted by Crippen LogP contribution is -2.36. The second kappa shape index (κ2) is 4.88. The molecule has 82 valence electrons. The fraction of sp³-hybridized carbons (Fsp3) is 0.667. The van der Waals surface area contributed by atoms with E-state index in [1.54, 1.807) is 17.1 Å². The van der Waals surface area contributed by atoms with Gasteiger partial charge in [0.1, 0.15) is 0 Å². The zero-order chi connectivity index (χ0) is 10.5. The predicted octanol–water partition coefficient (Wildman–Crippen LogP) is -0.854. The number of carbonyl (C=O) groups is 1. The van der Waals surface area contributed by atoms with Crippen molar-refractivity contribution in [2.75, 3.05) is 13.1 Å². The van der Waals surface area contributed by atoms with Crippen LogP contribution >= 0.6 is 0 Å². The molecule has 6 nitrogen and oxygen atoms in total. The molecule has 1 heterocycles. The van der Waals surface area contributed by atoms with Crippen LogP contribution in [-0.2, 0) is 11.3 Å². The molecule has 0 bridgehead atoms. The third-order valence-electron chi connectivity index (χ3n) is 2.22. The Bertz CT molecular complexity index is 306. The van der Waals surface area contributed by atoms with Crippen molar-refractivity contribution < 1.29 is 4.79 Å². The molecule has 0 aromatic carbocycles. The van der Waals surface area contributed by atoms with E-state index < -0.39 is 0 Å². The maximum Gasteiger partial charge on any atom is 0.234 e. The molecule has 1 fully saturated rings. The molecule has 2 rings (SSSR count). The van der Waals surface area contributed by atoms with Crippen molar-refractivity contribution in [3.63, 3.8) is 0 Å². The highest BCUT2D eigenvalue weighted by atomic mass is 16.2. The Kier molecular flexibility index (Phi) is 3.29. The van der Waals surface area contributed by atoms with E-state index in [9.17, 15) is 4.79 Å². The lowest BCUT2D eigenvalue weighted by Gasteiger charge is -2.05. The van der Waals surface area contributed by atoms with Crippen LogP contribution in [-0.4, -0.2) is 40.0 Å². The largest absolute Gasteiger partial charge is 0.352 e. The summed E-state index contributed by atoms with van der Waals surface area (Å²) in [7, 11) is 0. The fourth-order valence-electron chi connectivity index (χ4n) is 1.25. The van der Waals surface area contributed by atoms with E-state index >= 15 is 0 Å². The normalized spacial score (nSPS) is 15.2. The number of nitrogens with zero attached hydrogens (tertiary/aromatic N) is 3. The summed E-state index contributed by atoms with van der Waals surface area (Å²) < 4.78 is 1.73. The smallest absolute Gasteiger partial charge is 0.234 e. The maximum absolute atomic E-state index is 11.2. The van der Waals surface area contributed by atoms with Crippen molar-refractivity contribution in [1.82, 2.24) is 25.6 Å². The van der Waals surface area contributed by atoms with Crippen molar-refractivity contribution >= 4 is 5.91 Å². The minimum absolute atomic E-state index is 0.0797. The van der Waals surface area contributed by atoms with Crippen LogP contribution in [0.1, 0.15) is 12.8 Å². The molecule has 0 radical (unpaired) electrons. The van der Waals surface area contributed by atoms with E-state index in [1.165, 1.54) is 0 Å². The molecular formula is C9H15N5O. The Balaban J connectivity index is 1.52. The Hall–Kier alpha value is -1.43. The summed E-state index contributed by atoms with van der Waals surface area (Å²) in [4.78, 5) is 11.2. The topological polar surface area (TPSA) is 71.8 Å². The van der Waals surface area contributed by atoms with Gasteiger partial charge in [0.05, 0.1) is 19.3 Å². The van der Waals surface area contributed by atoms with Crippen molar-refractivity contribution in [3.8, 4) is 0 Å². The van der Waals surface area contributed by atoms with Crippen molar-refractivity contribution in [3.05, 3.63) is 12.4 Å². The zero-order valence-electron chi connectivity index (χ0n) is 8.52. The zero-order valence-corrected chi connectivity index (χ0v) is 8.52. The van der Waals surface area contributed by atoms with Crippen LogP contribution in [0.5, 0.6) is 0 Å². The molecule has 0 saturated heterocycles.